The normalized spacial score (nSPS) is 13.8. The lowest BCUT2D eigenvalue weighted by molar-refractivity contribution is -0.147. The van der Waals surface area contributed by atoms with Crippen molar-refractivity contribution >= 4 is 36.4 Å². The van der Waals surface area contributed by atoms with Crippen LogP contribution >= 0.6 is 19.6 Å². The summed E-state index contributed by atoms with van der Waals surface area (Å²) in [4.78, 5) is 15.5. The van der Waals surface area contributed by atoms with Crippen molar-refractivity contribution < 1.29 is 19.6 Å². The van der Waals surface area contributed by atoms with E-state index in [2.05, 4.69) is 4.98 Å². The zero-order valence-electron chi connectivity index (χ0n) is 15.8. The molecule has 0 amide bonds. The van der Waals surface area contributed by atoms with E-state index in [4.69, 9.17) is 5.11 Å². The summed E-state index contributed by atoms with van der Waals surface area (Å²) in [7, 11) is -1.51. The van der Waals surface area contributed by atoms with Crippen molar-refractivity contribution in [2.45, 2.75) is 29.9 Å². The van der Waals surface area contributed by atoms with Gasteiger partial charge in [0, 0.05) is 11.3 Å². The minimum Gasteiger partial charge on any atom is -0.479 e. The molecule has 3 aromatic rings. The van der Waals surface area contributed by atoms with Crippen LogP contribution in [-0.2, 0) is 9.36 Å². The second kappa shape index (κ2) is 10.5. The summed E-state index contributed by atoms with van der Waals surface area (Å²) >= 11 is 1.47. The minimum atomic E-state index is -1.51. The largest absolute Gasteiger partial charge is 0.479 e. The Hall–Kier alpha value is -2.27. The molecule has 0 fully saturated rings. The van der Waals surface area contributed by atoms with Crippen molar-refractivity contribution in [2.24, 2.45) is 0 Å². The van der Waals surface area contributed by atoms with Gasteiger partial charge < -0.3 is 10.2 Å². The Balaban J connectivity index is 1.61. The second-order valence-corrected chi connectivity index (χ2v) is 9.89. The van der Waals surface area contributed by atoms with Crippen molar-refractivity contribution in [3.05, 3.63) is 72.3 Å². The highest BCUT2D eigenvalue weighted by atomic mass is 32.2. The molecule has 0 saturated carbocycles. The van der Waals surface area contributed by atoms with Crippen LogP contribution in [0.3, 0.4) is 0 Å². The molecule has 0 saturated heterocycles. The Morgan fingerprint density at radius 2 is 1.72 bits per heavy atom. The van der Waals surface area contributed by atoms with Crippen LogP contribution in [0.4, 0.5) is 0 Å². The summed E-state index contributed by atoms with van der Waals surface area (Å²) in [6, 6.07) is 21.5. The zero-order chi connectivity index (χ0) is 20.6. The van der Waals surface area contributed by atoms with E-state index in [0.29, 0.717) is 18.1 Å². The third-order valence-electron chi connectivity index (χ3n) is 4.70. The summed E-state index contributed by atoms with van der Waals surface area (Å²) in [6.45, 7) is 0. The molecule has 0 aliphatic heterocycles. The fourth-order valence-corrected chi connectivity index (χ4v) is 5.87. The van der Waals surface area contributed by atoms with E-state index in [0.717, 1.165) is 21.5 Å². The number of pyridine rings is 1. The maximum absolute atomic E-state index is 12.8. The van der Waals surface area contributed by atoms with Crippen molar-refractivity contribution in [3.63, 3.8) is 0 Å². The Morgan fingerprint density at radius 3 is 2.48 bits per heavy atom. The van der Waals surface area contributed by atoms with E-state index in [-0.39, 0.29) is 12.3 Å². The van der Waals surface area contributed by atoms with Gasteiger partial charge in [-0.1, -0.05) is 70.9 Å². The Morgan fingerprint density at radius 1 is 1.00 bits per heavy atom. The second-order valence-electron chi connectivity index (χ2n) is 6.82. The maximum atomic E-state index is 12.8. The monoisotopic (exact) mass is 428 g/mol. The van der Waals surface area contributed by atoms with Crippen molar-refractivity contribution in [3.8, 4) is 0 Å². The van der Waals surface area contributed by atoms with Crippen LogP contribution in [0, 0.1) is 0 Å². The average Bonchev–Trinajstić information content (AvgIpc) is 2.75. The van der Waals surface area contributed by atoms with Crippen LogP contribution in [0.15, 0.2) is 71.8 Å². The van der Waals surface area contributed by atoms with Gasteiger partial charge in [0.1, 0.15) is 5.03 Å². The summed E-state index contributed by atoms with van der Waals surface area (Å²) in [6.07, 6.45) is -0.337. The number of rotatable bonds is 10. The minimum absolute atomic E-state index is 0.0565. The highest BCUT2D eigenvalue weighted by Gasteiger charge is 2.26. The molecule has 29 heavy (non-hydrogen) atoms. The van der Waals surface area contributed by atoms with E-state index < -0.39 is 19.9 Å². The molecule has 150 valence electrons. The number of aliphatic hydroxyl groups is 1. The van der Waals surface area contributed by atoms with Crippen LogP contribution in [0.25, 0.3) is 10.9 Å². The van der Waals surface area contributed by atoms with Gasteiger partial charge in [0.15, 0.2) is 17.8 Å². The Kier molecular flexibility index (Phi) is 7.76. The molecule has 3 unspecified atom stereocenters. The molecule has 3 rings (SSSR count). The van der Waals surface area contributed by atoms with Gasteiger partial charge in [-0.05, 0) is 30.5 Å². The van der Waals surface area contributed by atoms with Crippen LogP contribution in [0.5, 0.6) is 0 Å². The third-order valence-corrected chi connectivity index (χ3v) is 7.74. The quantitative estimate of drug-likeness (QED) is 0.344. The molecule has 7 heteroatoms. The standard InChI is InChI=1S/C22H22NO4PS/c24-20(22(25)26)12-10-18(16-6-2-1-3-7-16)14-28(27)15-29-21-13-11-17-8-4-5-9-19(17)23-21/h1-9,11,13,18,20,24H,10,12,14-15H2/p+1. The first-order chi connectivity index (χ1) is 14.0. The number of carboxylic acids is 1. The number of benzene rings is 2. The smallest absolute Gasteiger partial charge is 0.350 e. The Bertz CT molecular complexity index is 983. The van der Waals surface area contributed by atoms with Gasteiger partial charge in [0.05, 0.1) is 5.52 Å². The van der Waals surface area contributed by atoms with E-state index >= 15 is 0 Å². The fraction of sp³-hybridized carbons (Fsp3) is 0.273. The van der Waals surface area contributed by atoms with E-state index in [1.165, 1.54) is 11.8 Å². The van der Waals surface area contributed by atoms with E-state index in [1.54, 1.807) is 0 Å². The van der Waals surface area contributed by atoms with E-state index in [1.807, 2.05) is 66.7 Å². The number of carbonyl (C=O) groups is 1. The lowest BCUT2D eigenvalue weighted by atomic mass is 9.94. The first-order valence-corrected chi connectivity index (χ1v) is 12.0. The predicted molar refractivity (Wildman–Crippen MR) is 117 cm³/mol. The summed E-state index contributed by atoms with van der Waals surface area (Å²) in [5.74, 6) is -1.28. The van der Waals surface area contributed by atoms with Crippen LogP contribution in [0.2, 0.25) is 0 Å². The molecule has 0 aliphatic carbocycles. The number of thioether (sulfide) groups is 1. The molecular weight excluding hydrogens is 405 g/mol. The number of aliphatic carboxylic acids is 1. The van der Waals surface area contributed by atoms with Crippen LogP contribution in [-0.4, -0.2) is 38.9 Å². The van der Waals surface area contributed by atoms with Gasteiger partial charge in [-0.25, -0.2) is 9.78 Å². The summed E-state index contributed by atoms with van der Waals surface area (Å²) in [5.41, 5.74) is 2.38. The highest BCUT2D eigenvalue weighted by molar-refractivity contribution is 8.03. The number of hydrogen-bond donors (Lipinski definition) is 2. The molecule has 0 radical (unpaired) electrons. The number of aromatic nitrogens is 1. The maximum Gasteiger partial charge on any atom is 0.350 e. The van der Waals surface area contributed by atoms with Gasteiger partial charge in [0.2, 0.25) is 0 Å². The molecule has 2 aromatic carbocycles. The number of fused-ring (bicyclic) bond motifs is 1. The van der Waals surface area contributed by atoms with Crippen molar-refractivity contribution in [1.29, 1.82) is 0 Å². The van der Waals surface area contributed by atoms with Crippen molar-refractivity contribution in [2.75, 3.05) is 11.7 Å². The highest BCUT2D eigenvalue weighted by Crippen LogP contribution is 2.37. The zero-order valence-corrected chi connectivity index (χ0v) is 17.6. The molecular formula is C22H23NO4PS+. The molecule has 1 heterocycles. The van der Waals surface area contributed by atoms with Gasteiger partial charge >= 0.3 is 13.8 Å². The molecule has 1 aromatic heterocycles. The third kappa shape index (κ3) is 6.36. The van der Waals surface area contributed by atoms with Crippen molar-refractivity contribution in [1.82, 2.24) is 4.98 Å². The van der Waals surface area contributed by atoms with Gasteiger partial charge in [0.25, 0.3) is 0 Å². The lowest BCUT2D eigenvalue weighted by Crippen LogP contribution is -2.20. The first kappa shape index (κ1) is 21.4. The molecule has 0 bridgehead atoms. The number of carboxylic acid groups (broad SMARTS) is 1. The number of para-hydroxylation sites is 1. The number of aliphatic hydroxyl groups excluding tert-OH is 1. The first-order valence-electron chi connectivity index (χ1n) is 9.39. The fourth-order valence-electron chi connectivity index (χ4n) is 3.14. The summed E-state index contributed by atoms with van der Waals surface area (Å²) in [5, 5.41) is 20.4. The van der Waals surface area contributed by atoms with Gasteiger partial charge in [-0.15, -0.1) is 0 Å². The van der Waals surface area contributed by atoms with E-state index in [9.17, 15) is 14.5 Å². The molecule has 0 aliphatic rings. The molecule has 3 atom stereocenters. The van der Waals surface area contributed by atoms with Crippen LogP contribution in [0.1, 0.15) is 24.3 Å². The molecule has 2 N–H and O–H groups in total. The van der Waals surface area contributed by atoms with Gasteiger partial charge in [-0.2, -0.15) is 0 Å². The number of hydrogen-bond acceptors (Lipinski definition) is 5. The summed E-state index contributed by atoms with van der Waals surface area (Å²) < 4.78 is 12.8. The molecule has 5 nitrogen and oxygen atoms in total. The number of nitrogens with zero attached hydrogens (tertiary/aromatic N) is 1. The van der Waals surface area contributed by atoms with Crippen LogP contribution < -0.4 is 0 Å². The topological polar surface area (TPSA) is 87.5 Å². The SMILES string of the molecule is O=C(O)C(O)CCC(C[P+](=O)CSc1ccc2ccccc2n1)c1ccccc1. The molecule has 0 spiro atoms. The predicted octanol–water partition coefficient (Wildman–Crippen LogP) is 5.12. The lowest BCUT2D eigenvalue weighted by Gasteiger charge is -2.14. The van der Waals surface area contributed by atoms with Gasteiger partial charge in [-0.3, -0.25) is 0 Å². The average molecular weight is 428 g/mol. The Labute approximate surface area is 175 Å².